The summed E-state index contributed by atoms with van der Waals surface area (Å²) in [4.78, 5) is 0. The fraction of sp³-hybridized carbons (Fsp3) is 0.294. The van der Waals surface area contributed by atoms with Crippen molar-refractivity contribution in [2.45, 2.75) is 26.1 Å². The Morgan fingerprint density at radius 2 is 1.95 bits per heavy atom. The molecule has 19 heavy (non-hydrogen) atoms. The Balaban J connectivity index is 1.99. The van der Waals surface area contributed by atoms with Gasteiger partial charge < -0.3 is 9.47 Å². The van der Waals surface area contributed by atoms with Gasteiger partial charge in [-0.05, 0) is 24.5 Å². The third-order valence-electron chi connectivity index (χ3n) is 3.43. The van der Waals surface area contributed by atoms with E-state index in [1.165, 1.54) is 11.1 Å². The topological polar surface area (TPSA) is 18.5 Å². The molecule has 0 N–H and O–H groups in total. The van der Waals surface area contributed by atoms with Crippen LogP contribution in [-0.2, 0) is 11.2 Å². The molecule has 1 atom stereocenters. The molecule has 1 aliphatic rings. The predicted molar refractivity (Wildman–Crippen MR) is 76.2 cm³/mol. The van der Waals surface area contributed by atoms with E-state index in [1.54, 1.807) is 0 Å². The van der Waals surface area contributed by atoms with E-state index < -0.39 is 0 Å². The number of hydrogen-bond acceptors (Lipinski definition) is 2. The molecule has 3 rings (SSSR count). The summed E-state index contributed by atoms with van der Waals surface area (Å²) >= 11 is 0. The summed E-state index contributed by atoms with van der Waals surface area (Å²) in [7, 11) is 0. The normalized spacial score (nSPS) is 17.6. The number of rotatable bonds is 3. The van der Waals surface area contributed by atoms with Crippen LogP contribution in [0.15, 0.2) is 48.5 Å². The van der Waals surface area contributed by atoms with Gasteiger partial charge in [0.05, 0.1) is 0 Å². The van der Waals surface area contributed by atoms with Crippen LogP contribution in [-0.4, -0.2) is 12.9 Å². The third-order valence-corrected chi connectivity index (χ3v) is 3.43. The summed E-state index contributed by atoms with van der Waals surface area (Å²) in [5.74, 6) is 0.985. The van der Waals surface area contributed by atoms with Crippen LogP contribution in [0.2, 0.25) is 0 Å². The van der Waals surface area contributed by atoms with Crippen molar-refractivity contribution in [2.24, 2.45) is 0 Å². The zero-order valence-corrected chi connectivity index (χ0v) is 11.1. The molecule has 0 bridgehead atoms. The Morgan fingerprint density at radius 3 is 2.74 bits per heavy atom. The molecule has 0 saturated heterocycles. The molecule has 0 saturated carbocycles. The molecule has 1 aliphatic heterocycles. The maximum Gasteiger partial charge on any atom is 0.200 e. The fourth-order valence-corrected chi connectivity index (χ4v) is 2.53. The number of ether oxygens (including phenoxy) is 2. The molecule has 0 spiro atoms. The number of benzene rings is 2. The number of aryl methyl sites for hydroxylation is 1. The lowest BCUT2D eigenvalue weighted by Gasteiger charge is -2.27. The molecule has 1 heterocycles. The van der Waals surface area contributed by atoms with Crippen LogP contribution >= 0.6 is 0 Å². The van der Waals surface area contributed by atoms with Gasteiger partial charge in [-0.15, -0.1) is 0 Å². The molecule has 2 heteroatoms. The summed E-state index contributed by atoms with van der Waals surface area (Å²) < 4.78 is 11.6. The van der Waals surface area contributed by atoms with E-state index in [4.69, 9.17) is 9.47 Å². The van der Waals surface area contributed by atoms with Gasteiger partial charge >= 0.3 is 0 Å². The van der Waals surface area contributed by atoms with E-state index in [9.17, 15) is 0 Å². The SMILES string of the molecule is CCOC1CCc2cccc(-c3ccccc3)c2O1. The van der Waals surface area contributed by atoms with Crippen LogP contribution in [0.3, 0.4) is 0 Å². The predicted octanol–water partition coefficient (Wildman–Crippen LogP) is 4.04. The van der Waals surface area contributed by atoms with Gasteiger partial charge in [-0.25, -0.2) is 0 Å². The average Bonchev–Trinajstić information content (AvgIpc) is 2.48. The zero-order chi connectivity index (χ0) is 13.1. The Hall–Kier alpha value is -1.80. The summed E-state index contributed by atoms with van der Waals surface area (Å²) in [5.41, 5.74) is 3.62. The summed E-state index contributed by atoms with van der Waals surface area (Å²) in [6, 6.07) is 16.7. The molecule has 0 aromatic heterocycles. The first kappa shape index (κ1) is 12.2. The third kappa shape index (κ3) is 2.49. The smallest absolute Gasteiger partial charge is 0.200 e. The molecular formula is C17H18O2. The van der Waals surface area contributed by atoms with Gasteiger partial charge in [0.15, 0.2) is 6.29 Å². The molecule has 0 amide bonds. The highest BCUT2D eigenvalue weighted by Gasteiger charge is 2.22. The molecule has 0 radical (unpaired) electrons. The molecule has 2 aromatic carbocycles. The van der Waals surface area contributed by atoms with Crippen molar-refractivity contribution in [1.82, 2.24) is 0 Å². The molecule has 2 aromatic rings. The maximum absolute atomic E-state index is 6.04. The molecule has 1 unspecified atom stereocenters. The van der Waals surface area contributed by atoms with Gasteiger partial charge in [-0.3, -0.25) is 0 Å². The highest BCUT2D eigenvalue weighted by molar-refractivity contribution is 5.72. The lowest BCUT2D eigenvalue weighted by Crippen LogP contribution is -2.26. The van der Waals surface area contributed by atoms with Crippen LogP contribution in [0, 0.1) is 0 Å². The van der Waals surface area contributed by atoms with E-state index in [1.807, 2.05) is 13.0 Å². The molecule has 98 valence electrons. The van der Waals surface area contributed by atoms with Crippen molar-refractivity contribution < 1.29 is 9.47 Å². The van der Waals surface area contributed by atoms with E-state index in [2.05, 4.69) is 42.5 Å². The van der Waals surface area contributed by atoms with Crippen LogP contribution in [0.5, 0.6) is 5.75 Å². The monoisotopic (exact) mass is 254 g/mol. The highest BCUT2D eigenvalue weighted by Crippen LogP contribution is 2.37. The van der Waals surface area contributed by atoms with Gasteiger partial charge in [-0.1, -0.05) is 48.5 Å². The largest absolute Gasteiger partial charge is 0.464 e. The van der Waals surface area contributed by atoms with E-state index in [0.717, 1.165) is 24.2 Å². The molecule has 0 aliphatic carbocycles. The van der Waals surface area contributed by atoms with Crippen LogP contribution in [0.25, 0.3) is 11.1 Å². The lowest BCUT2D eigenvalue weighted by atomic mass is 9.97. The lowest BCUT2D eigenvalue weighted by molar-refractivity contribution is -0.0858. The van der Waals surface area contributed by atoms with Crippen LogP contribution in [0.4, 0.5) is 0 Å². The first-order chi connectivity index (χ1) is 9.38. The quantitative estimate of drug-likeness (QED) is 0.823. The minimum absolute atomic E-state index is 0.109. The minimum Gasteiger partial charge on any atom is -0.464 e. The Bertz CT molecular complexity index is 548. The van der Waals surface area contributed by atoms with Crippen molar-refractivity contribution in [1.29, 1.82) is 0 Å². The van der Waals surface area contributed by atoms with E-state index in [0.29, 0.717) is 6.61 Å². The van der Waals surface area contributed by atoms with Gasteiger partial charge in [0, 0.05) is 18.6 Å². The van der Waals surface area contributed by atoms with Crippen molar-refractivity contribution in [2.75, 3.05) is 6.61 Å². The van der Waals surface area contributed by atoms with Crippen molar-refractivity contribution in [3.63, 3.8) is 0 Å². The second-order valence-electron chi connectivity index (χ2n) is 4.70. The first-order valence-electron chi connectivity index (χ1n) is 6.84. The number of para-hydroxylation sites is 1. The zero-order valence-electron chi connectivity index (χ0n) is 11.1. The first-order valence-corrected chi connectivity index (χ1v) is 6.84. The fourth-order valence-electron chi connectivity index (χ4n) is 2.53. The molecule has 0 fully saturated rings. The Kier molecular flexibility index (Phi) is 3.51. The minimum atomic E-state index is -0.109. The molecular weight excluding hydrogens is 236 g/mol. The Labute approximate surface area is 114 Å². The van der Waals surface area contributed by atoms with Crippen LogP contribution in [0.1, 0.15) is 18.9 Å². The second-order valence-corrected chi connectivity index (χ2v) is 4.70. The summed E-state index contributed by atoms with van der Waals surface area (Å²) in [6.45, 7) is 2.69. The van der Waals surface area contributed by atoms with Crippen LogP contribution < -0.4 is 4.74 Å². The van der Waals surface area contributed by atoms with Gasteiger partial charge in [0.1, 0.15) is 5.75 Å². The van der Waals surface area contributed by atoms with Gasteiger partial charge in [0.2, 0.25) is 0 Å². The van der Waals surface area contributed by atoms with E-state index >= 15 is 0 Å². The standard InChI is InChI=1S/C17H18O2/c1-2-18-16-12-11-14-9-6-10-15(17(14)19-16)13-7-4-3-5-8-13/h3-10,16H,2,11-12H2,1H3. The average molecular weight is 254 g/mol. The van der Waals surface area contributed by atoms with Gasteiger partial charge in [-0.2, -0.15) is 0 Å². The van der Waals surface area contributed by atoms with E-state index in [-0.39, 0.29) is 6.29 Å². The van der Waals surface area contributed by atoms with Crippen molar-refractivity contribution in [3.8, 4) is 16.9 Å². The van der Waals surface area contributed by atoms with Gasteiger partial charge in [0.25, 0.3) is 0 Å². The highest BCUT2D eigenvalue weighted by atomic mass is 16.7. The Morgan fingerprint density at radius 1 is 1.11 bits per heavy atom. The number of hydrogen-bond donors (Lipinski definition) is 0. The number of fused-ring (bicyclic) bond motifs is 1. The van der Waals surface area contributed by atoms with Crippen molar-refractivity contribution >= 4 is 0 Å². The summed E-state index contributed by atoms with van der Waals surface area (Å²) in [5, 5.41) is 0. The second kappa shape index (κ2) is 5.45. The van der Waals surface area contributed by atoms with Crippen molar-refractivity contribution in [3.05, 3.63) is 54.1 Å². The summed E-state index contributed by atoms with van der Waals surface area (Å²) in [6.07, 6.45) is 1.84. The molecule has 2 nitrogen and oxygen atoms in total. The maximum atomic E-state index is 6.04.